The van der Waals surface area contributed by atoms with E-state index < -0.39 is 0 Å². The standard InChI is InChI=1S/C18H32IN2O/c1-2-19-11-9-18(7-8-18)10-12-20-17(22)21-13-15-5-3-4-6-16(15)14-21/h15-16H,2-14H2,1H3,(H,20,22)/q-1. The second-order valence-electron chi connectivity index (χ2n) is 7.59. The van der Waals surface area contributed by atoms with Crippen LogP contribution in [0.25, 0.3) is 0 Å². The van der Waals surface area contributed by atoms with Gasteiger partial charge in [-0.3, -0.25) is 0 Å². The van der Waals surface area contributed by atoms with Crippen molar-refractivity contribution in [2.75, 3.05) is 28.5 Å². The normalized spacial score (nSPS) is 29.4. The molecule has 2 aliphatic carbocycles. The summed E-state index contributed by atoms with van der Waals surface area (Å²) in [6.45, 7) is 5.25. The Kier molecular flexibility index (Phi) is 5.91. The number of carbonyl (C=O) groups excluding carboxylic acids is 1. The van der Waals surface area contributed by atoms with Crippen LogP contribution in [0.4, 0.5) is 4.79 Å². The zero-order valence-corrected chi connectivity index (χ0v) is 16.2. The van der Waals surface area contributed by atoms with Crippen LogP contribution in [0.2, 0.25) is 0 Å². The molecule has 22 heavy (non-hydrogen) atoms. The molecule has 1 aliphatic heterocycles. The molecule has 0 spiro atoms. The fourth-order valence-corrected chi connectivity index (χ4v) is 6.61. The predicted octanol–water partition coefficient (Wildman–Crippen LogP) is 0.487. The summed E-state index contributed by atoms with van der Waals surface area (Å²) >= 11 is 0.461. The summed E-state index contributed by atoms with van der Waals surface area (Å²) in [5.74, 6) is 1.60. The summed E-state index contributed by atoms with van der Waals surface area (Å²) in [4.78, 5) is 14.5. The van der Waals surface area contributed by atoms with Crippen molar-refractivity contribution in [1.82, 2.24) is 10.2 Å². The number of rotatable bonds is 7. The van der Waals surface area contributed by atoms with Crippen LogP contribution < -0.4 is 26.5 Å². The molecule has 1 saturated heterocycles. The van der Waals surface area contributed by atoms with Crippen LogP contribution in [0, 0.1) is 17.3 Å². The molecule has 1 N–H and O–H groups in total. The molecule has 0 aromatic carbocycles. The first-order chi connectivity index (χ1) is 10.7. The van der Waals surface area contributed by atoms with E-state index in [2.05, 4.69) is 17.1 Å². The number of alkyl halides is 2. The number of carbonyl (C=O) groups is 1. The fourth-order valence-electron chi connectivity index (χ4n) is 4.32. The molecular weight excluding hydrogens is 387 g/mol. The number of nitrogens with one attached hydrogen (secondary N) is 1. The average molecular weight is 419 g/mol. The monoisotopic (exact) mass is 419 g/mol. The number of amides is 2. The molecule has 4 heteroatoms. The second kappa shape index (κ2) is 7.71. The molecule has 0 radical (unpaired) electrons. The molecule has 0 bridgehead atoms. The van der Waals surface area contributed by atoms with Crippen molar-refractivity contribution in [3.63, 3.8) is 0 Å². The van der Waals surface area contributed by atoms with Crippen molar-refractivity contribution in [1.29, 1.82) is 0 Å². The molecule has 3 nitrogen and oxygen atoms in total. The Morgan fingerprint density at radius 1 is 1.18 bits per heavy atom. The van der Waals surface area contributed by atoms with Gasteiger partial charge in [-0.05, 0) is 0 Å². The van der Waals surface area contributed by atoms with Crippen molar-refractivity contribution in [3.05, 3.63) is 0 Å². The molecule has 3 fully saturated rings. The Bertz CT molecular complexity index is 369. The summed E-state index contributed by atoms with van der Waals surface area (Å²) in [6.07, 6.45) is 10.9. The second-order valence-corrected chi connectivity index (χ2v) is 11.3. The number of hydrogen-bond acceptors (Lipinski definition) is 1. The molecular formula is C18H32IN2O-. The number of urea groups is 1. The van der Waals surface area contributed by atoms with Gasteiger partial charge in [0.1, 0.15) is 0 Å². The number of halogens is 1. The summed E-state index contributed by atoms with van der Waals surface area (Å²) in [5, 5.41) is 3.22. The first kappa shape index (κ1) is 16.8. The van der Waals surface area contributed by atoms with Gasteiger partial charge in [0.05, 0.1) is 0 Å². The van der Waals surface area contributed by atoms with Gasteiger partial charge in [0.2, 0.25) is 0 Å². The Morgan fingerprint density at radius 2 is 1.86 bits per heavy atom. The van der Waals surface area contributed by atoms with Gasteiger partial charge in [-0.15, -0.1) is 0 Å². The molecule has 2 amide bonds. The van der Waals surface area contributed by atoms with E-state index in [4.69, 9.17) is 0 Å². The summed E-state index contributed by atoms with van der Waals surface area (Å²) in [6, 6.07) is 0.214. The van der Waals surface area contributed by atoms with Crippen LogP contribution in [0.1, 0.15) is 58.3 Å². The number of nitrogens with zero attached hydrogens (tertiary/aromatic N) is 1. The van der Waals surface area contributed by atoms with Gasteiger partial charge in [0.15, 0.2) is 0 Å². The molecule has 2 atom stereocenters. The van der Waals surface area contributed by atoms with Crippen molar-refractivity contribution in [3.8, 4) is 0 Å². The average Bonchev–Trinajstić information content (AvgIpc) is 3.14. The summed E-state index contributed by atoms with van der Waals surface area (Å²) in [5.41, 5.74) is 0.626. The van der Waals surface area contributed by atoms with Crippen LogP contribution in [-0.2, 0) is 0 Å². The molecule has 2 saturated carbocycles. The summed E-state index contributed by atoms with van der Waals surface area (Å²) in [7, 11) is 0. The maximum absolute atomic E-state index is 12.4. The van der Waals surface area contributed by atoms with Gasteiger partial charge in [-0.1, -0.05) is 0 Å². The minimum absolute atomic E-state index is 0.214. The van der Waals surface area contributed by atoms with Crippen LogP contribution in [0.3, 0.4) is 0 Å². The van der Waals surface area contributed by atoms with Crippen LogP contribution in [0.15, 0.2) is 0 Å². The first-order valence-electron chi connectivity index (χ1n) is 9.29. The topological polar surface area (TPSA) is 32.3 Å². The molecule has 0 aromatic heterocycles. The van der Waals surface area contributed by atoms with Crippen molar-refractivity contribution < 1.29 is 26.0 Å². The van der Waals surface area contributed by atoms with E-state index in [9.17, 15) is 4.79 Å². The van der Waals surface area contributed by atoms with Gasteiger partial charge < -0.3 is 0 Å². The van der Waals surface area contributed by atoms with Gasteiger partial charge in [0, 0.05) is 0 Å². The number of fused-ring (bicyclic) bond motifs is 1. The fraction of sp³-hybridized carbons (Fsp3) is 0.944. The Labute approximate surface area is 146 Å². The quantitative estimate of drug-likeness (QED) is 0.364. The molecule has 3 aliphatic rings. The Hall–Kier alpha value is 0. The number of likely N-dealkylation sites (tertiary alicyclic amines) is 1. The summed E-state index contributed by atoms with van der Waals surface area (Å²) < 4.78 is 2.90. The van der Waals surface area contributed by atoms with E-state index in [1.807, 2.05) is 0 Å². The van der Waals surface area contributed by atoms with Gasteiger partial charge in [0.25, 0.3) is 0 Å². The SMILES string of the molecule is CC[I-]CCC1(CCNC(=O)N2CC3CCCCC3C2)CC1. The Balaban J connectivity index is 1.34. The van der Waals surface area contributed by atoms with Crippen LogP contribution in [0.5, 0.6) is 0 Å². The van der Waals surface area contributed by atoms with Gasteiger partial charge in [-0.25, -0.2) is 0 Å². The third kappa shape index (κ3) is 4.30. The third-order valence-corrected chi connectivity index (χ3v) is 8.48. The zero-order chi connectivity index (χ0) is 15.4. The van der Waals surface area contributed by atoms with E-state index in [-0.39, 0.29) is 6.03 Å². The molecule has 0 aromatic rings. The van der Waals surface area contributed by atoms with E-state index in [0.29, 0.717) is 26.6 Å². The molecule has 2 unspecified atom stereocenters. The van der Waals surface area contributed by atoms with Gasteiger partial charge >= 0.3 is 146 Å². The van der Waals surface area contributed by atoms with Crippen molar-refractivity contribution >= 4 is 6.03 Å². The molecule has 1 heterocycles. The van der Waals surface area contributed by atoms with E-state index in [1.165, 1.54) is 60.2 Å². The van der Waals surface area contributed by atoms with Crippen LogP contribution >= 0.6 is 0 Å². The van der Waals surface area contributed by atoms with E-state index in [0.717, 1.165) is 31.5 Å². The number of hydrogen-bond donors (Lipinski definition) is 1. The van der Waals surface area contributed by atoms with E-state index >= 15 is 0 Å². The molecule has 128 valence electrons. The van der Waals surface area contributed by atoms with Crippen molar-refractivity contribution in [2.45, 2.75) is 58.3 Å². The third-order valence-electron chi connectivity index (χ3n) is 6.10. The first-order valence-corrected chi connectivity index (χ1v) is 12.3. The zero-order valence-electron chi connectivity index (χ0n) is 14.1. The maximum atomic E-state index is 12.4. The van der Waals surface area contributed by atoms with E-state index in [1.54, 1.807) is 0 Å². The molecule has 3 rings (SSSR count). The minimum atomic E-state index is 0.214. The van der Waals surface area contributed by atoms with Crippen molar-refractivity contribution in [2.24, 2.45) is 17.3 Å². The van der Waals surface area contributed by atoms with Crippen LogP contribution in [-0.4, -0.2) is 39.4 Å². The predicted molar refractivity (Wildman–Crippen MR) is 86.7 cm³/mol. The van der Waals surface area contributed by atoms with Gasteiger partial charge in [-0.2, -0.15) is 0 Å². The Morgan fingerprint density at radius 3 is 2.45 bits per heavy atom.